The van der Waals surface area contributed by atoms with Gasteiger partial charge in [-0.15, -0.1) is 0 Å². The fourth-order valence-corrected chi connectivity index (χ4v) is 2.47. The van der Waals surface area contributed by atoms with Crippen LogP contribution in [0.5, 0.6) is 5.75 Å². The lowest BCUT2D eigenvalue weighted by Crippen LogP contribution is -2.49. The van der Waals surface area contributed by atoms with Crippen molar-refractivity contribution in [3.63, 3.8) is 0 Å². The number of aliphatic hydroxyl groups is 1. The smallest absolute Gasteiger partial charge is 0.263 e. The summed E-state index contributed by atoms with van der Waals surface area (Å²) in [5.74, 6) is 0.621. The van der Waals surface area contributed by atoms with Crippen molar-refractivity contribution in [2.45, 2.75) is 32.5 Å². The number of nitrogens with zero attached hydrogens (tertiary/aromatic N) is 1. The maximum Gasteiger partial charge on any atom is 0.263 e. The number of amides is 1. The largest absolute Gasteiger partial charge is 0.479 e. The molecule has 20 heavy (non-hydrogen) atoms. The number of β-amino-alcohol motifs (C(OH)–C–C–N with tert-alkyl or cyclic N) is 1. The van der Waals surface area contributed by atoms with Gasteiger partial charge in [0, 0.05) is 13.1 Å². The van der Waals surface area contributed by atoms with E-state index in [0.29, 0.717) is 23.9 Å². The van der Waals surface area contributed by atoms with Crippen LogP contribution in [-0.2, 0) is 4.79 Å². The first kappa shape index (κ1) is 15.1. The predicted octanol–water partition coefficient (Wildman–Crippen LogP) is 2.34. The van der Waals surface area contributed by atoms with Crippen molar-refractivity contribution < 1.29 is 14.6 Å². The lowest BCUT2D eigenvalue weighted by atomic mass is 9.96. The first-order chi connectivity index (χ1) is 9.49. The average molecular weight is 298 g/mol. The number of benzene rings is 1. The average Bonchev–Trinajstić information content (AvgIpc) is 2.43. The van der Waals surface area contributed by atoms with Crippen LogP contribution in [0.1, 0.15) is 20.3 Å². The third kappa shape index (κ3) is 3.44. The minimum atomic E-state index is -0.615. The molecule has 110 valence electrons. The Labute approximate surface area is 124 Å². The molecule has 4 nitrogen and oxygen atoms in total. The molecule has 1 saturated heterocycles. The second-order valence-electron chi connectivity index (χ2n) is 5.31. The van der Waals surface area contributed by atoms with E-state index in [-0.39, 0.29) is 11.8 Å². The molecule has 0 bridgehead atoms. The van der Waals surface area contributed by atoms with E-state index >= 15 is 0 Å². The number of carbonyl (C=O) groups is 1. The van der Waals surface area contributed by atoms with Gasteiger partial charge < -0.3 is 14.7 Å². The molecule has 1 aliphatic heterocycles. The molecule has 1 amide bonds. The lowest BCUT2D eigenvalue weighted by molar-refractivity contribution is -0.142. The van der Waals surface area contributed by atoms with Crippen molar-refractivity contribution in [2.24, 2.45) is 5.92 Å². The van der Waals surface area contributed by atoms with Crippen molar-refractivity contribution in [1.29, 1.82) is 0 Å². The Morgan fingerprint density at radius 1 is 1.50 bits per heavy atom. The number of hydrogen-bond donors (Lipinski definition) is 1. The topological polar surface area (TPSA) is 49.8 Å². The number of rotatable bonds is 3. The van der Waals surface area contributed by atoms with E-state index in [9.17, 15) is 9.90 Å². The fraction of sp³-hybridized carbons (Fsp3) is 0.533. The summed E-state index contributed by atoms with van der Waals surface area (Å²) >= 11 is 6.01. The third-order valence-corrected chi connectivity index (χ3v) is 4.03. The van der Waals surface area contributed by atoms with Crippen LogP contribution in [0.4, 0.5) is 0 Å². The summed E-state index contributed by atoms with van der Waals surface area (Å²) in [7, 11) is 0. The Kier molecular flexibility index (Phi) is 4.89. The third-order valence-electron chi connectivity index (χ3n) is 3.72. The number of likely N-dealkylation sites (tertiary alicyclic amines) is 1. The second kappa shape index (κ2) is 6.46. The van der Waals surface area contributed by atoms with Gasteiger partial charge in [-0.2, -0.15) is 0 Å². The molecule has 0 radical (unpaired) electrons. The van der Waals surface area contributed by atoms with Crippen LogP contribution in [0.2, 0.25) is 5.02 Å². The normalized spacial score (nSPS) is 24.3. The number of halogens is 1. The number of carbonyl (C=O) groups excluding carboxylic acids is 1. The van der Waals surface area contributed by atoms with Gasteiger partial charge in [0.15, 0.2) is 6.10 Å². The quantitative estimate of drug-likeness (QED) is 0.931. The molecule has 0 aromatic heterocycles. The van der Waals surface area contributed by atoms with Crippen LogP contribution in [0, 0.1) is 5.92 Å². The minimum Gasteiger partial charge on any atom is -0.479 e. The number of para-hydroxylation sites is 1. The van der Waals surface area contributed by atoms with E-state index in [1.54, 1.807) is 24.0 Å². The Bertz CT molecular complexity index is 480. The van der Waals surface area contributed by atoms with Gasteiger partial charge >= 0.3 is 0 Å². The van der Waals surface area contributed by atoms with E-state index in [2.05, 4.69) is 0 Å². The highest BCUT2D eigenvalue weighted by Gasteiger charge is 2.30. The monoisotopic (exact) mass is 297 g/mol. The molecule has 1 aliphatic rings. The highest BCUT2D eigenvalue weighted by Crippen LogP contribution is 2.25. The molecule has 0 spiro atoms. The van der Waals surface area contributed by atoms with Gasteiger partial charge in [-0.3, -0.25) is 4.79 Å². The van der Waals surface area contributed by atoms with Crippen molar-refractivity contribution in [3.05, 3.63) is 29.3 Å². The molecule has 5 heteroatoms. The van der Waals surface area contributed by atoms with Crippen LogP contribution in [0.15, 0.2) is 24.3 Å². The zero-order valence-corrected chi connectivity index (χ0v) is 12.5. The van der Waals surface area contributed by atoms with Crippen molar-refractivity contribution in [1.82, 2.24) is 4.90 Å². The van der Waals surface area contributed by atoms with Gasteiger partial charge in [-0.1, -0.05) is 30.7 Å². The van der Waals surface area contributed by atoms with Crippen molar-refractivity contribution >= 4 is 17.5 Å². The van der Waals surface area contributed by atoms with E-state index in [1.807, 2.05) is 19.1 Å². The highest BCUT2D eigenvalue weighted by molar-refractivity contribution is 6.32. The van der Waals surface area contributed by atoms with Crippen LogP contribution in [0.3, 0.4) is 0 Å². The molecular weight excluding hydrogens is 278 g/mol. The molecule has 3 unspecified atom stereocenters. The minimum absolute atomic E-state index is 0.115. The summed E-state index contributed by atoms with van der Waals surface area (Å²) in [6.45, 7) is 4.73. The van der Waals surface area contributed by atoms with E-state index < -0.39 is 12.2 Å². The summed E-state index contributed by atoms with van der Waals surface area (Å²) in [5, 5.41) is 10.3. The number of hydrogen-bond acceptors (Lipinski definition) is 3. The molecule has 3 atom stereocenters. The Morgan fingerprint density at radius 2 is 2.20 bits per heavy atom. The van der Waals surface area contributed by atoms with Gasteiger partial charge in [0.05, 0.1) is 11.1 Å². The molecule has 1 aromatic rings. The molecule has 1 fully saturated rings. The van der Waals surface area contributed by atoms with Gasteiger partial charge in [0.1, 0.15) is 5.75 Å². The number of piperidine rings is 1. The van der Waals surface area contributed by atoms with Gasteiger partial charge in [-0.05, 0) is 31.4 Å². The maximum atomic E-state index is 12.3. The van der Waals surface area contributed by atoms with Gasteiger partial charge in [-0.25, -0.2) is 0 Å². The predicted molar refractivity (Wildman–Crippen MR) is 77.9 cm³/mol. The van der Waals surface area contributed by atoms with E-state index in [1.165, 1.54) is 0 Å². The molecule has 1 heterocycles. The number of ether oxygens (including phenoxy) is 1. The first-order valence-electron chi connectivity index (χ1n) is 6.87. The Hall–Kier alpha value is -1.26. The molecule has 1 N–H and O–H groups in total. The summed E-state index contributed by atoms with van der Waals surface area (Å²) < 4.78 is 5.62. The summed E-state index contributed by atoms with van der Waals surface area (Å²) in [6, 6.07) is 7.08. The molecule has 0 saturated carbocycles. The standard InChI is InChI=1S/C15H20ClNO3/c1-10-7-8-17(9-13(10)18)15(19)11(2)20-14-6-4-3-5-12(14)16/h3-6,10-11,13,18H,7-9H2,1-2H3. The Morgan fingerprint density at radius 3 is 2.85 bits per heavy atom. The zero-order chi connectivity index (χ0) is 14.7. The van der Waals surface area contributed by atoms with Crippen molar-refractivity contribution in [3.8, 4) is 5.75 Å². The maximum absolute atomic E-state index is 12.3. The summed E-state index contributed by atoms with van der Waals surface area (Å²) in [6.07, 6.45) is -0.262. The van der Waals surface area contributed by atoms with Crippen LogP contribution in [-0.4, -0.2) is 41.2 Å². The first-order valence-corrected chi connectivity index (χ1v) is 7.25. The summed E-state index contributed by atoms with van der Waals surface area (Å²) in [5.41, 5.74) is 0. The molecular formula is C15H20ClNO3. The van der Waals surface area contributed by atoms with Crippen molar-refractivity contribution in [2.75, 3.05) is 13.1 Å². The molecule has 1 aromatic carbocycles. The van der Waals surface area contributed by atoms with E-state index in [4.69, 9.17) is 16.3 Å². The summed E-state index contributed by atoms with van der Waals surface area (Å²) in [4.78, 5) is 14.0. The van der Waals surface area contributed by atoms with Crippen LogP contribution in [0.25, 0.3) is 0 Å². The Balaban J connectivity index is 1.97. The molecule has 0 aliphatic carbocycles. The SMILES string of the molecule is CC(Oc1ccccc1Cl)C(=O)N1CCC(C)C(O)C1. The van der Waals surface area contributed by atoms with Crippen LogP contribution >= 0.6 is 11.6 Å². The lowest BCUT2D eigenvalue weighted by Gasteiger charge is -2.35. The molecule has 2 rings (SSSR count). The highest BCUT2D eigenvalue weighted by atomic mass is 35.5. The van der Waals surface area contributed by atoms with Crippen LogP contribution < -0.4 is 4.74 Å². The van der Waals surface area contributed by atoms with E-state index in [0.717, 1.165) is 6.42 Å². The van der Waals surface area contributed by atoms with Gasteiger partial charge in [0.25, 0.3) is 5.91 Å². The second-order valence-corrected chi connectivity index (χ2v) is 5.72. The van der Waals surface area contributed by atoms with Gasteiger partial charge in [0.2, 0.25) is 0 Å². The zero-order valence-electron chi connectivity index (χ0n) is 11.8. The fourth-order valence-electron chi connectivity index (χ4n) is 2.29. The number of aliphatic hydroxyl groups excluding tert-OH is 1.